The second-order valence-electron chi connectivity index (χ2n) is 4.41. The lowest BCUT2D eigenvalue weighted by Crippen LogP contribution is -2.16. The number of aromatic nitrogens is 4. The Morgan fingerprint density at radius 1 is 1.26 bits per heavy atom. The van der Waals surface area contributed by atoms with Crippen molar-refractivity contribution in [2.75, 3.05) is 24.9 Å². The van der Waals surface area contributed by atoms with Gasteiger partial charge in [0.15, 0.2) is 11.5 Å². The molecule has 0 bridgehead atoms. The molecule has 0 saturated carbocycles. The summed E-state index contributed by atoms with van der Waals surface area (Å²) < 4.78 is 32.8. The summed E-state index contributed by atoms with van der Waals surface area (Å²) in [6.07, 6.45) is 2.69. The number of imidazole rings is 1. The molecule has 2 aromatic heterocycles. The molecule has 2 unspecified atom stereocenters. The Kier molecular flexibility index (Phi) is 5.48. The van der Waals surface area contributed by atoms with Crippen molar-refractivity contribution in [1.82, 2.24) is 19.5 Å². The summed E-state index contributed by atoms with van der Waals surface area (Å²) in [5.41, 5.74) is 6.47. The topological polar surface area (TPSA) is 189 Å². The average Bonchev–Trinajstić information content (AvgIpc) is 2.80. The van der Waals surface area contributed by atoms with Gasteiger partial charge in [-0.25, -0.2) is 15.0 Å². The predicted octanol–water partition coefficient (Wildman–Crippen LogP) is -1.54. The van der Waals surface area contributed by atoms with Gasteiger partial charge in [-0.05, 0) is 0 Å². The fourth-order valence-electron chi connectivity index (χ4n) is 1.65. The summed E-state index contributed by atoms with van der Waals surface area (Å²) in [7, 11) is -9.62. The molecule has 14 heteroatoms. The Labute approximate surface area is 130 Å². The normalized spacial score (nSPS) is 17.0. The van der Waals surface area contributed by atoms with Gasteiger partial charge in [0.1, 0.15) is 33.8 Å². The van der Waals surface area contributed by atoms with Crippen molar-refractivity contribution in [3.8, 4) is 0 Å². The first kappa shape index (κ1) is 18.0. The van der Waals surface area contributed by atoms with Gasteiger partial charge in [0.05, 0.1) is 25.4 Å². The molecule has 128 valence electrons. The third-order valence-electron chi connectivity index (χ3n) is 2.53. The van der Waals surface area contributed by atoms with E-state index in [0.717, 1.165) is 0 Å². The number of fused-ring (bicyclic) bond motifs is 1. The highest BCUT2D eigenvalue weighted by Gasteiger charge is 2.15. The van der Waals surface area contributed by atoms with Crippen molar-refractivity contribution in [3.63, 3.8) is 0 Å². The van der Waals surface area contributed by atoms with Crippen LogP contribution in [0.5, 0.6) is 0 Å². The summed E-state index contributed by atoms with van der Waals surface area (Å²) in [4.78, 5) is 42.0. The average molecular weight is 365 g/mol. The van der Waals surface area contributed by atoms with Crippen molar-refractivity contribution >= 4 is 32.2 Å². The lowest BCUT2D eigenvalue weighted by molar-refractivity contribution is -0.205. The summed E-state index contributed by atoms with van der Waals surface area (Å²) in [5, 5.41) is 0. The van der Waals surface area contributed by atoms with E-state index >= 15 is 0 Å². The SMILES string of the molecule is Nc1ncnc2c1ncn2COCCOP(=O)([O-])CP(=O)([O-])O. The van der Waals surface area contributed by atoms with Crippen LogP contribution < -0.4 is 15.5 Å². The Hall–Kier alpha value is -1.39. The van der Waals surface area contributed by atoms with Gasteiger partial charge in [-0.15, -0.1) is 0 Å². The van der Waals surface area contributed by atoms with Gasteiger partial charge in [0.2, 0.25) is 0 Å². The van der Waals surface area contributed by atoms with Crippen LogP contribution in [0.25, 0.3) is 11.2 Å². The molecule has 0 aliphatic carbocycles. The predicted molar refractivity (Wildman–Crippen MR) is 73.9 cm³/mol. The van der Waals surface area contributed by atoms with Gasteiger partial charge >= 0.3 is 0 Å². The lowest BCUT2D eigenvalue weighted by Gasteiger charge is -2.27. The monoisotopic (exact) mass is 365 g/mol. The highest BCUT2D eigenvalue weighted by Crippen LogP contribution is 2.49. The minimum absolute atomic E-state index is 0.000476. The van der Waals surface area contributed by atoms with Crippen LogP contribution in [0.3, 0.4) is 0 Å². The highest BCUT2D eigenvalue weighted by atomic mass is 31.2. The maximum atomic E-state index is 11.2. The van der Waals surface area contributed by atoms with E-state index in [1.165, 1.54) is 17.2 Å². The van der Waals surface area contributed by atoms with Crippen LogP contribution in [0.4, 0.5) is 5.82 Å². The van der Waals surface area contributed by atoms with Gasteiger partial charge < -0.3 is 38.8 Å². The summed E-state index contributed by atoms with van der Waals surface area (Å²) in [6, 6.07) is 0. The first-order valence-electron chi connectivity index (χ1n) is 6.14. The largest absolute Gasteiger partial charge is 0.778 e. The van der Waals surface area contributed by atoms with E-state index in [0.29, 0.717) is 11.2 Å². The van der Waals surface area contributed by atoms with E-state index < -0.39 is 27.7 Å². The molecule has 2 atom stereocenters. The number of hydrogen-bond acceptors (Lipinski definition) is 10. The maximum Gasteiger partial charge on any atom is 0.167 e. The van der Waals surface area contributed by atoms with E-state index in [4.69, 9.17) is 15.4 Å². The molecule has 0 aliphatic heterocycles. The fraction of sp³-hybridized carbons (Fsp3) is 0.444. The molecule has 3 N–H and O–H groups in total. The molecule has 2 heterocycles. The molecule has 0 aromatic carbocycles. The number of ether oxygens (including phenoxy) is 1. The molecule has 2 rings (SSSR count). The van der Waals surface area contributed by atoms with Crippen molar-refractivity contribution in [2.24, 2.45) is 0 Å². The lowest BCUT2D eigenvalue weighted by atomic mass is 10.5. The first-order chi connectivity index (χ1) is 10.7. The zero-order chi connectivity index (χ0) is 17.1. The molecule has 0 amide bonds. The van der Waals surface area contributed by atoms with Gasteiger partial charge in [-0.3, -0.25) is 4.57 Å². The number of nitrogen functional groups attached to an aromatic ring is 1. The molecule has 0 spiro atoms. The second-order valence-corrected chi connectivity index (χ2v) is 8.29. The molecule has 0 saturated heterocycles. The fourth-order valence-corrected chi connectivity index (χ4v) is 4.08. The summed E-state index contributed by atoms with van der Waals surface area (Å²) >= 11 is 0. The van der Waals surface area contributed by atoms with Crippen molar-refractivity contribution in [1.29, 1.82) is 0 Å². The van der Waals surface area contributed by atoms with Gasteiger partial charge in [-0.2, -0.15) is 0 Å². The Morgan fingerprint density at radius 3 is 2.70 bits per heavy atom. The molecular weight excluding hydrogens is 352 g/mol. The van der Waals surface area contributed by atoms with Crippen LogP contribution in [0.2, 0.25) is 0 Å². The first-order valence-corrected chi connectivity index (χ1v) is 9.63. The maximum absolute atomic E-state index is 11.2. The molecule has 2 aromatic rings. The van der Waals surface area contributed by atoms with Gasteiger partial charge in [0.25, 0.3) is 0 Å². The van der Waals surface area contributed by atoms with Crippen LogP contribution in [-0.4, -0.2) is 43.5 Å². The van der Waals surface area contributed by atoms with Crippen LogP contribution in [0.1, 0.15) is 0 Å². The Morgan fingerprint density at radius 2 is 2.00 bits per heavy atom. The third-order valence-corrected chi connectivity index (χ3v) is 5.92. The molecule has 0 aliphatic rings. The minimum Gasteiger partial charge on any atom is -0.778 e. The highest BCUT2D eigenvalue weighted by molar-refractivity contribution is 7.68. The second kappa shape index (κ2) is 7.02. The number of anilines is 1. The number of nitrogens with zero attached hydrogens (tertiary/aromatic N) is 4. The number of rotatable bonds is 8. The van der Waals surface area contributed by atoms with Crippen LogP contribution in [0, 0.1) is 0 Å². The quantitative estimate of drug-likeness (QED) is 0.407. The molecule has 0 radical (unpaired) electrons. The van der Waals surface area contributed by atoms with Gasteiger partial charge in [0, 0.05) is 0 Å². The number of hydrogen-bond donors (Lipinski definition) is 2. The van der Waals surface area contributed by atoms with E-state index in [1.54, 1.807) is 0 Å². The van der Waals surface area contributed by atoms with Crippen molar-refractivity contribution < 1.29 is 33.1 Å². The molecule has 12 nitrogen and oxygen atoms in total. The van der Waals surface area contributed by atoms with E-state index in [2.05, 4.69) is 19.5 Å². The molecular formula is C9H13N5O7P2-2. The molecule has 0 fully saturated rings. The Bertz CT molecular complexity index is 775. The van der Waals surface area contributed by atoms with Gasteiger partial charge in [-0.1, -0.05) is 0 Å². The Balaban J connectivity index is 1.80. The van der Waals surface area contributed by atoms with Crippen LogP contribution in [-0.2, 0) is 25.1 Å². The van der Waals surface area contributed by atoms with Crippen LogP contribution >= 0.6 is 15.2 Å². The third kappa shape index (κ3) is 5.33. The standard InChI is InChI=1S/C9H15N5O7P2/c10-8-7-9(12-3-11-8)14(4-13-7)5-20-1-2-21-23(18,19)6-22(15,16)17/h3-4H,1-2,5-6H2,(H,18,19)(H2,10,11,12)(H2,15,16,17)/p-2. The summed E-state index contributed by atoms with van der Waals surface area (Å²) in [5.74, 6) is -1.24. The van der Waals surface area contributed by atoms with E-state index in [-0.39, 0.29) is 19.2 Å². The zero-order valence-electron chi connectivity index (χ0n) is 11.6. The summed E-state index contributed by atoms with van der Waals surface area (Å²) in [6.45, 7) is -0.537. The zero-order valence-corrected chi connectivity index (χ0v) is 13.4. The van der Waals surface area contributed by atoms with E-state index in [9.17, 15) is 18.9 Å². The van der Waals surface area contributed by atoms with Crippen LogP contribution in [0.15, 0.2) is 12.7 Å². The minimum atomic E-state index is -4.94. The molecule has 23 heavy (non-hydrogen) atoms. The van der Waals surface area contributed by atoms with Crippen molar-refractivity contribution in [2.45, 2.75) is 6.73 Å². The number of nitrogens with two attached hydrogens (primary N) is 1. The van der Waals surface area contributed by atoms with Crippen molar-refractivity contribution in [3.05, 3.63) is 12.7 Å². The van der Waals surface area contributed by atoms with E-state index in [1.807, 2.05) is 0 Å². The smallest absolute Gasteiger partial charge is 0.167 e.